The summed E-state index contributed by atoms with van der Waals surface area (Å²) in [4.78, 5) is 15.2. The van der Waals surface area contributed by atoms with Gasteiger partial charge in [0.1, 0.15) is 0 Å². The molecule has 0 spiro atoms. The largest absolute Gasteiger partial charge is 0.481 e. The topological polar surface area (TPSA) is 50.2 Å². The maximum Gasteiger partial charge on any atom is 0.416 e. The lowest BCUT2D eigenvalue weighted by Crippen LogP contribution is -2.06. The van der Waals surface area contributed by atoms with E-state index in [9.17, 15) is 31.1 Å². The highest BCUT2D eigenvalue weighted by molar-refractivity contribution is 5.81. The summed E-state index contributed by atoms with van der Waals surface area (Å²) in [7, 11) is 0. The number of carboxylic acid groups (broad SMARTS) is 1. The van der Waals surface area contributed by atoms with Gasteiger partial charge in [0.25, 0.3) is 0 Å². The van der Waals surface area contributed by atoms with Crippen LogP contribution in [0.25, 0.3) is 22.4 Å². The van der Waals surface area contributed by atoms with Crippen molar-refractivity contribution in [1.29, 1.82) is 0 Å². The summed E-state index contributed by atoms with van der Waals surface area (Å²) >= 11 is 0. The molecule has 1 heterocycles. The summed E-state index contributed by atoms with van der Waals surface area (Å²) in [6.45, 7) is 0. The molecule has 0 bridgehead atoms. The molecule has 30 heavy (non-hydrogen) atoms. The zero-order chi connectivity index (χ0) is 22.1. The summed E-state index contributed by atoms with van der Waals surface area (Å²) < 4.78 is 77.0. The third kappa shape index (κ3) is 4.79. The number of hydrogen-bond acceptors (Lipinski definition) is 2. The van der Waals surface area contributed by atoms with Gasteiger partial charge in [-0.2, -0.15) is 26.3 Å². The molecule has 0 fully saturated rings. The second-order valence-corrected chi connectivity index (χ2v) is 6.42. The number of halogens is 6. The van der Waals surface area contributed by atoms with Gasteiger partial charge in [0.15, 0.2) is 0 Å². The zero-order valence-electron chi connectivity index (χ0n) is 15.1. The Kier molecular flexibility index (Phi) is 5.56. The van der Waals surface area contributed by atoms with E-state index < -0.39 is 35.9 Å². The first kappa shape index (κ1) is 21.4. The van der Waals surface area contributed by atoms with Crippen LogP contribution < -0.4 is 0 Å². The van der Waals surface area contributed by atoms with Gasteiger partial charge in [-0.3, -0.25) is 9.78 Å². The van der Waals surface area contributed by atoms with Crippen molar-refractivity contribution < 1.29 is 36.2 Å². The number of nitrogens with zero attached hydrogens (tertiary/aromatic N) is 1. The fourth-order valence-electron chi connectivity index (χ4n) is 2.86. The van der Waals surface area contributed by atoms with Crippen molar-refractivity contribution in [3.63, 3.8) is 0 Å². The lowest BCUT2D eigenvalue weighted by atomic mass is 9.97. The van der Waals surface area contributed by atoms with Crippen molar-refractivity contribution >= 4 is 5.97 Å². The number of carbonyl (C=O) groups is 1. The predicted molar refractivity (Wildman–Crippen MR) is 96.5 cm³/mol. The minimum Gasteiger partial charge on any atom is -0.481 e. The highest BCUT2D eigenvalue weighted by atomic mass is 19.4. The molecule has 2 aromatic carbocycles. The van der Waals surface area contributed by atoms with Crippen molar-refractivity contribution in [3.05, 3.63) is 77.5 Å². The standard InChI is InChI=1S/C21H13F6NO2/c22-20(23,24)14-5-1-12(2-6-14)17-10-9-16(11-18(29)30)28-19(17)13-3-7-15(8-4-13)21(25,26)27/h1-10H,11H2,(H,29,30). The average Bonchev–Trinajstić information content (AvgIpc) is 2.66. The molecule has 1 N–H and O–H groups in total. The summed E-state index contributed by atoms with van der Waals surface area (Å²) in [5.74, 6) is -1.15. The monoisotopic (exact) mass is 425 g/mol. The number of benzene rings is 2. The van der Waals surface area contributed by atoms with E-state index >= 15 is 0 Å². The van der Waals surface area contributed by atoms with E-state index in [1.807, 2.05) is 0 Å². The Morgan fingerprint density at radius 2 is 1.20 bits per heavy atom. The molecule has 156 valence electrons. The van der Waals surface area contributed by atoms with E-state index in [1.165, 1.54) is 36.4 Å². The molecule has 3 nitrogen and oxygen atoms in total. The molecule has 0 atom stereocenters. The minimum absolute atomic E-state index is 0.160. The van der Waals surface area contributed by atoms with Gasteiger partial charge in [0.05, 0.1) is 28.9 Å². The molecule has 1 aromatic heterocycles. The van der Waals surface area contributed by atoms with Crippen molar-refractivity contribution in [2.45, 2.75) is 18.8 Å². The molecule has 0 aliphatic rings. The smallest absolute Gasteiger partial charge is 0.416 e. The van der Waals surface area contributed by atoms with Crippen LogP contribution in [0.4, 0.5) is 26.3 Å². The van der Waals surface area contributed by atoms with Crippen LogP contribution in [0.1, 0.15) is 16.8 Å². The third-order valence-electron chi connectivity index (χ3n) is 4.29. The highest BCUT2D eigenvalue weighted by Crippen LogP contribution is 2.36. The maximum atomic E-state index is 12.8. The molecule has 0 saturated heterocycles. The molecule has 0 radical (unpaired) electrons. The molecule has 0 aliphatic carbocycles. The fraction of sp³-hybridized carbons (Fsp3) is 0.143. The van der Waals surface area contributed by atoms with Crippen LogP contribution in [0.2, 0.25) is 0 Å². The quantitative estimate of drug-likeness (QED) is 0.516. The number of pyridine rings is 1. The van der Waals surface area contributed by atoms with Crippen LogP contribution in [0.15, 0.2) is 60.7 Å². The zero-order valence-corrected chi connectivity index (χ0v) is 15.1. The maximum absolute atomic E-state index is 12.8. The van der Waals surface area contributed by atoms with Gasteiger partial charge >= 0.3 is 18.3 Å². The summed E-state index contributed by atoms with van der Waals surface area (Å²) in [5.41, 5.74) is -0.410. The molecule has 0 saturated carbocycles. The summed E-state index contributed by atoms with van der Waals surface area (Å²) in [5, 5.41) is 8.98. The SMILES string of the molecule is O=C(O)Cc1ccc(-c2ccc(C(F)(F)F)cc2)c(-c2ccc(C(F)(F)F)cc2)n1. The van der Waals surface area contributed by atoms with Gasteiger partial charge in [0, 0.05) is 11.1 Å². The van der Waals surface area contributed by atoms with Gasteiger partial charge in [0.2, 0.25) is 0 Å². The molecular weight excluding hydrogens is 412 g/mol. The number of hydrogen-bond donors (Lipinski definition) is 1. The second-order valence-electron chi connectivity index (χ2n) is 6.42. The number of carboxylic acids is 1. The van der Waals surface area contributed by atoms with Crippen LogP contribution in [0.5, 0.6) is 0 Å². The van der Waals surface area contributed by atoms with E-state index in [4.69, 9.17) is 5.11 Å². The molecule has 9 heteroatoms. The van der Waals surface area contributed by atoms with Crippen LogP contribution in [0, 0.1) is 0 Å². The first-order valence-electron chi connectivity index (χ1n) is 8.52. The molecular formula is C21H13F6NO2. The van der Waals surface area contributed by atoms with Crippen molar-refractivity contribution in [2.24, 2.45) is 0 Å². The summed E-state index contributed by atoms with van der Waals surface area (Å²) in [6, 6.07) is 11.2. The number of rotatable bonds is 4. The van der Waals surface area contributed by atoms with E-state index in [2.05, 4.69) is 4.98 Å². The van der Waals surface area contributed by atoms with Gasteiger partial charge < -0.3 is 5.11 Å². The highest BCUT2D eigenvalue weighted by Gasteiger charge is 2.31. The Balaban J connectivity index is 2.10. The van der Waals surface area contributed by atoms with E-state index in [0.717, 1.165) is 24.3 Å². The molecule has 0 aliphatic heterocycles. The lowest BCUT2D eigenvalue weighted by Gasteiger charge is -2.13. The minimum atomic E-state index is -4.53. The molecule has 3 aromatic rings. The van der Waals surface area contributed by atoms with Gasteiger partial charge in [-0.15, -0.1) is 0 Å². The fourth-order valence-corrected chi connectivity index (χ4v) is 2.86. The third-order valence-corrected chi connectivity index (χ3v) is 4.29. The molecule has 0 unspecified atom stereocenters. The Bertz CT molecular complexity index is 1050. The van der Waals surface area contributed by atoms with Gasteiger partial charge in [-0.05, 0) is 35.9 Å². The molecule has 0 amide bonds. The van der Waals surface area contributed by atoms with E-state index in [0.29, 0.717) is 11.1 Å². The van der Waals surface area contributed by atoms with Crippen LogP contribution in [0.3, 0.4) is 0 Å². The first-order valence-corrected chi connectivity index (χ1v) is 8.52. The number of aliphatic carboxylic acids is 1. The number of alkyl halides is 6. The average molecular weight is 425 g/mol. The van der Waals surface area contributed by atoms with Crippen molar-refractivity contribution in [2.75, 3.05) is 0 Å². The first-order chi connectivity index (χ1) is 13.9. The van der Waals surface area contributed by atoms with Gasteiger partial charge in [-0.1, -0.05) is 30.3 Å². The Morgan fingerprint density at radius 1 is 0.733 bits per heavy atom. The normalized spacial score (nSPS) is 12.1. The number of aromatic nitrogens is 1. The van der Waals surface area contributed by atoms with Crippen molar-refractivity contribution in [1.82, 2.24) is 4.98 Å². The van der Waals surface area contributed by atoms with Crippen molar-refractivity contribution in [3.8, 4) is 22.4 Å². The second kappa shape index (κ2) is 7.81. The Hall–Kier alpha value is -3.36. The predicted octanol–water partition coefficient (Wildman–Crippen LogP) is 6.08. The van der Waals surface area contributed by atoms with E-state index in [-0.39, 0.29) is 17.0 Å². The summed E-state index contributed by atoms with van der Waals surface area (Å²) in [6.07, 6.45) is -9.47. The Morgan fingerprint density at radius 3 is 1.63 bits per heavy atom. The lowest BCUT2D eigenvalue weighted by molar-refractivity contribution is -0.138. The van der Waals surface area contributed by atoms with Crippen LogP contribution >= 0.6 is 0 Å². The Labute approximate surface area is 166 Å². The van der Waals surface area contributed by atoms with Crippen LogP contribution in [-0.4, -0.2) is 16.1 Å². The van der Waals surface area contributed by atoms with E-state index in [1.54, 1.807) is 0 Å². The molecule has 3 rings (SSSR count). The van der Waals surface area contributed by atoms with Crippen LogP contribution in [-0.2, 0) is 23.6 Å². The van der Waals surface area contributed by atoms with Gasteiger partial charge in [-0.25, -0.2) is 0 Å².